The first-order chi connectivity index (χ1) is 13.8. The van der Waals surface area contributed by atoms with E-state index in [0.717, 1.165) is 5.92 Å². The minimum Gasteiger partial charge on any atom is -0.0654 e. The smallest absolute Gasteiger partial charge is 0.0181 e. The second-order valence-electron chi connectivity index (χ2n) is 8.95. The molecule has 0 aliphatic heterocycles. The summed E-state index contributed by atoms with van der Waals surface area (Å²) in [6.45, 7) is 4.57. The molecule has 3 rings (SSSR count). The van der Waals surface area contributed by atoms with Crippen molar-refractivity contribution in [1.82, 2.24) is 0 Å². The molecule has 0 heteroatoms. The summed E-state index contributed by atoms with van der Waals surface area (Å²) >= 11 is 0. The van der Waals surface area contributed by atoms with Crippen molar-refractivity contribution in [1.29, 1.82) is 0 Å². The molecular formula is C28H40. The molecule has 1 unspecified atom stereocenters. The Hall–Kier alpha value is -1.56. The fraction of sp³-hybridized carbons (Fsp3) is 0.571. The number of aryl methyl sites for hydroxylation is 2. The lowest BCUT2D eigenvalue weighted by Crippen LogP contribution is -2.14. The Balaban J connectivity index is 1.54. The molecule has 1 atom stereocenters. The number of hydrogen-bond acceptors (Lipinski definition) is 0. The lowest BCUT2D eigenvalue weighted by atomic mass is 9.80. The molecule has 0 heterocycles. The number of hydrogen-bond donors (Lipinski definition) is 0. The highest BCUT2D eigenvalue weighted by Crippen LogP contribution is 2.32. The summed E-state index contributed by atoms with van der Waals surface area (Å²) in [6.07, 6.45) is 17.6. The summed E-state index contributed by atoms with van der Waals surface area (Å²) in [7, 11) is 0. The molecule has 1 aliphatic rings. The van der Waals surface area contributed by atoms with Gasteiger partial charge in [-0.25, -0.2) is 0 Å². The van der Waals surface area contributed by atoms with E-state index in [-0.39, 0.29) is 0 Å². The second kappa shape index (κ2) is 11.4. The number of unbranched alkanes of at least 4 members (excludes halogenated alkanes) is 6. The maximum absolute atomic E-state index is 2.47. The van der Waals surface area contributed by atoms with E-state index in [0.29, 0.717) is 0 Å². The number of benzene rings is 2. The van der Waals surface area contributed by atoms with Crippen LogP contribution in [0.2, 0.25) is 0 Å². The van der Waals surface area contributed by atoms with Crippen LogP contribution in [0.3, 0.4) is 0 Å². The van der Waals surface area contributed by atoms with E-state index in [1.54, 1.807) is 11.1 Å². The van der Waals surface area contributed by atoms with Crippen LogP contribution in [0.1, 0.15) is 94.7 Å². The zero-order chi connectivity index (χ0) is 19.6. The molecule has 2 aromatic carbocycles. The fourth-order valence-corrected chi connectivity index (χ4v) is 4.74. The molecule has 0 amide bonds. The highest BCUT2D eigenvalue weighted by atomic mass is 14.2. The molecule has 0 N–H and O–H groups in total. The van der Waals surface area contributed by atoms with E-state index in [1.165, 1.54) is 100 Å². The minimum absolute atomic E-state index is 0.919. The van der Waals surface area contributed by atoms with Gasteiger partial charge in [0, 0.05) is 0 Å². The molecule has 1 aliphatic carbocycles. The number of rotatable bonds is 11. The SMILES string of the molecule is CCCCCCCC1CCc2cc(-c3ccc(CCCCC)cc3)ccc2C1. The van der Waals surface area contributed by atoms with Crippen molar-refractivity contribution >= 4 is 0 Å². The van der Waals surface area contributed by atoms with Crippen molar-refractivity contribution < 1.29 is 0 Å². The predicted octanol–water partition coefficient (Wildman–Crippen LogP) is 8.55. The largest absolute Gasteiger partial charge is 0.0654 e. The molecular weight excluding hydrogens is 336 g/mol. The van der Waals surface area contributed by atoms with E-state index >= 15 is 0 Å². The van der Waals surface area contributed by atoms with Gasteiger partial charge >= 0.3 is 0 Å². The van der Waals surface area contributed by atoms with E-state index in [1.807, 2.05) is 0 Å². The Morgan fingerprint density at radius 2 is 1.43 bits per heavy atom. The maximum Gasteiger partial charge on any atom is -0.0181 e. The van der Waals surface area contributed by atoms with Crippen molar-refractivity contribution in [2.75, 3.05) is 0 Å². The first-order valence-electron chi connectivity index (χ1n) is 12.0. The van der Waals surface area contributed by atoms with Crippen LogP contribution in [0.25, 0.3) is 11.1 Å². The van der Waals surface area contributed by atoms with Gasteiger partial charge in [-0.1, -0.05) is 108 Å². The Labute approximate surface area is 173 Å². The lowest BCUT2D eigenvalue weighted by molar-refractivity contribution is 0.405. The third-order valence-corrected chi connectivity index (χ3v) is 6.61. The third kappa shape index (κ3) is 6.23. The van der Waals surface area contributed by atoms with E-state index in [4.69, 9.17) is 0 Å². The molecule has 28 heavy (non-hydrogen) atoms. The standard InChI is InChI=1S/C28H40/c1-3-5-7-8-10-12-24-15-18-28-22-27(20-19-26(28)21-24)25-16-13-23(14-17-25)11-9-6-4-2/h13-14,16-17,19-20,22,24H,3-12,15,18,21H2,1-2H3. The van der Waals surface area contributed by atoms with Crippen LogP contribution in [0.5, 0.6) is 0 Å². The lowest BCUT2D eigenvalue weighted by Gasteiger charge is -2.25. The highest BCUT2D eigenvalue weighted by molar-refractivity contribution is 5.65. The van der Waals surface area contributed by atoms with Gasteiger partial charge in [0.15, 0.2) is 0 Å². The number of fused-ring (bicyclic) bond motifs is 1. The summed E-state index contributed by atoms with van der Waals surface area (Å²) in [5.74, 6) is 0.919. The monoisotopic (exact) mass is 376 g/mol. The second-order valence-corrected chi connectivity index (χ2v) is 8.95. The van der Waals surface area contributed by atoms with E-state index < -0.39 is 0 Å². The van der Waals surface area contributed by atoms with Crippen LogP contribution in [0, 0.1) is 5.92 Å². The van der Waals surface area contributed by atoms with Crippen molar-refractivity contribution in [3.63, 3.8) is 0 Å². The molecule has 0 bridgehead atoms. The Morgan fingerprint density at radius 3 is 2.21 bits per heavy atom. The van der Waals surface area contributed by atoms with Gasteiger partial charge in [-0.15, -0.1) is 0 Å². The molecule has 2 aromatic rings. The van der Waals surface area contributed by atoms with Crippen molar-refractivity contribution in [2.45, 2.75) is 97.3 Å². The van der Waals surface area contributed by atoms with Crippen LogP contribution in [-0.2, 0) is 19.3 Å². The van der Waals surface area contributed by atoms with Crippen LogP contribution >= 0.6 is 0 Å². The van der Waals surface area contributed by atoms with Gasteiger partial charge in [0.25, 0.3) is 0 Å². The molecule has 0 radical (unpaired) electrons. The summed E-state index contributed by atoms with van der Waals surface area (Å²) in [6, 6.07) is 16.6. The van der Waals surface area contributed by atoms with Crippen LogP contribution in [0.15, 0.2) is 42.5 Å². The van der Waals surface area contributed by atoms with Gasteiger partial charge < -0.3 is 0 Å². The Kier molecular flexibility index (Phi) is 8.65. The van der Waals surface area contributed by atoms with Crippen LogP contribution < -0.4 is 0 Å². The van der Waals surface area contributed by atoms with Crippen molar-refractivity contribution in [2.24, 2.45) is 5.92 Å². The van der Waals surface area contributed by atoms with Crippen LogP contribution in [-0.4, -0.2) is 0 Å². The molecule has 0 spiro atoms. The maximum atomic E-state index is 2.47. The quantitative estimate of drug-likeness (QED) is 0.345. The first-order valence-corrected chi connectivity index (χ1v) is 12.0. The molecule has 152 valence electrons. The van der Waals surface area contributed by atoms with E-state index in [9.17, 15) is 0 Å². The fourth-order valence-electron chi connectivity index (χ4n) is 4.74. The summed E-state index contributed by atoms with van der Waals surface area (Å²) < 4.78 is 0. The van der Waals surface area contributed by atoms with Gasteiger partial charge in [-0.3, -0.25) is 0 Å². The summed E-state index contributed by atoms with van der Waals surface area (Å²) in [5, 5.41) is 0. The zero-order valence-electron chi connectivity index (χ0n) is 18.3. The van der Waals surface area contributed by atoms with Gasteiger partial charge in [0.1, 0.15) is 0 Å². The zero-order valence-corrected chi connectivity index (χ0v) is 18.3. The normalized spacial score (nSPS) is 16.1. The first kappa shape index (κ1) is 21.2. The van der Waals surface area contributed by atoms with Gasteiger partial charge in [0.2, 0.25) is 0 Å². The van der Waals surface area contributed by atoms with Gasteiger partial charge in [-0.05, 0) is 65.8 Å². The van der Waals surface area contributed by atoms with Crippen molar-refractivity contribution in [3.8, 4) is 11.1 Å². The average Bonchev–Trinajstić information content (AvgIpc) is 2.74. The summed E-state index contributed by atoms with van der Waals surface area (Å²) in [5.41, 5.74) is 7.48. The highest BCUT2D eigenvalue weighted by Gasteiger charge is 2.18. The average molecular weight is 377 g/mol. The third-order valence-electron chi connectivity index (χ3n) is 6.61. The molecule has 0 aromatic heterocycles. The van der Waals surface area contributed by atoms with Gasteiger partial charge in [-0.2, -0.15) is 0 Å². The predicted molar refractivity (Wildman–Crippen MR) is 124 cm³/mol. The molecule has 0 saturated carbocycles. The molecule has 0 saturated heterocycles. The Morgan fingerprint density at radius 1 is 0.714 bits per heavy atom. The Bertz CT molecular complexity index is 694. The van der Waals surface area contributed by atoms with Gasteiger partial charge in [0.05, 0.1) is 0 Å². The molecule has 0 nitrogen and oxygen atoms in total. The van der Waals surface area contributed by atoms with Crippen LogP contribution in [0.4, 0.5) is 0 Å². The molecule has 0 fully saturated rings. The minimum atomic E-state index is 0.919. The summed E-state index contributed by atoms with van der Waals surface area (Å²) in [4.78, 5) is 0. The van der Waals surface area contributed by atoms with E-state index in [2.05, 4.69) is 56.3 Å². The topological polar surface area (TPSA) is 0 Å². The van der Waals surface area contributed by atoms with Crippen molar-refractivity contribution in [3.05, 3.63) is 59.2 Å².